The van der Waals surface area contributed by atoms with Crippen LogP contribution < -0.4 is 0 Å². The van der Waals surface area contributed by atoms with Crippen molar-refractivity contribution in [2.45, 2.75) is 51.7 Å². The van der Waals surface area contributed by atoms with Gasteiger partial charge in [-0.15, -0.1) is 0 Å². The Bertz CT molecular complexity index is 636. The van der Waals surface area contributed by atoms with E-state index in [1.54, 1.807) is 0 Å². The Morgan fingerprint density at radius 2 is 1.67 bits per heavy atom. The lowest BCUT2D eigenvalue weighted by atomic mass is 9.81. The minimum Gasteiger partial charge on any atom is -0.294 e. The van der Waals surface area contributed by atoms with Crippen molar-refractivity contribution in [1.29, 1.82) is 0 Å². The van der Waals surface area contributed by atoms with Crippen molar-refractivity contribution in [3.8, 4) is 0 Å². The molecule has 2 rings (SSSR count). The van der Waals surface area contributed by atoms with E-state index in [1.807, 2.05) is 32.9 Å². The molecule has 0 saturated heterocycles. The highest BCUT2D eigenvalue weighted by Gasteiger charge is 2.33. The Kier molecular flexibility index (Phi) is 4.57. The first-order chi connectivity index (χ1) is 9.70. The SMILES string of the molecule is Cc1cc(C)c(C(=O)C2CCCC(S(C)(=O)=O)C2)c(C)c1. The van der Waals surface area contributed by atoms with Gasteiger partial charge in [-0.25, -0.2) is 8.42 Å². The Balaban J connectivity index is 2.28. The Morgan fingerprint density at radius 3 is 2.19 bits per heavy atom. The van der Waals surface area contributed by atoms with Crippen molar-refractivity contribution in [3.05, 3.63) is 34.4 Å². The van der Waals surface area contributed by atoms with E-state index in [4.69, 9.17) is 0 Å². The highest BCUT2D eigenvalue weighted by Crippen LogP contribution is 2.32. The average molecular weight is 308 g/mol. The molecule has 0 spiro atoms. The van der Waals surface area contributed by atoms with Crippen molar-refractivity contribution in [3.63, 3.8) is 0 Å². The molecule has 1 aromatic carbocycles. The summed E-state index contributed by atoms with van der Waals surface area (Å²) in [5.41, 5.74) is 3.94. The molecule has 0 N–H and O–H groups in total. The molecule has 0 aliphatic heterocycles. The minimum atomic E-state index is -3.05. The van der Waals surface area contributed by atoms with Crippen LogP contribution in [0, 0.1) is 26.7 Å². The molecule has 0 bridgehead atoms. The normalized spacial score (nSPS) is 23.0. The molecule has 0 amide bonds. The first-order valence-electron chi connectivity index (χ1n) is 7.51. The molecule has 21 heavy (non-hydrogen) atoms. The van der Waals surface area contributed by atoms with Gasteiger partial charge in [-0.1, -0.05) is 24.1 Å². The molecule has 2 atom stereocenters. The standard InChI is InChI=1S/C17H24O3S/c1-11-8-12(2)16(13(3)9-11)17(18)14-6-5-7-15(10-14)21(4,19)20/h8-9,14-15H,5-7,10H2,1-4H3. The third kappa shape index (κ3) is 3.54. The first kappa shape index (κ1) is 16.2. The Labute approximate surface area is 127 Å². The fraction of sp³-hybridized carbons (Fsp3) is 0.588. The summed E-state index contributed by atoms with van der Waals surface area (Å²) in [6, 6.07) is 4.05. The van der Waals surface area contributed by atoms with Gasteiger partial charge in [0.15, 0.2) is 5.78 Å². The van der Waals surface area contributed by atoms with Crippen molar-refractivity contribution >= 4 is 15.6 Å². The number of carbonyl (C=O) groups is 1. The molecule has 0 heterocycles. The molecule has 1 aliphatic carbocycles. The number of sulfone groups is 1. The van der Waals surface area contributed by atoms with E-state index in [9.17, 15) is 13.2 Å². The Hall–Kier alpha value is -1.16. The average Bonchev–Trinajstić information content (AvgIpc) is 2.36. The fourth-order valence-corrected chi connectivity index (χ4v) is 4.72. The quantitative estimate of drug-likeness (QED) is 0.804. The second kappa shape index (κ2) is 5.91. The van der Waals surface area contributed by atoms with Crippen molar-refractivity contribution in [1.82, 2.24) is 0 Å². The molecule has 1 aliphatic rings. The first-order valence-corrected chi connectivity index (χ1v) is 9.46. The minimum absolute atomic E-state index is 0.123. The summed E-state index contributed by atoms with van der Waals surface area (Å²) in [6.45, 7) is 5.95. The van der Waals surface area contributed by atoms with E-state index in [1.165, 1.54) is 6.26 Å². The van der Waals surface area contributed by atoms with Crippen LogP contribution >= 0.6 is 0 Å². The number of benzene rings is 1. The fourth-order valence-electron chi connectivity index (χ4n) is 3.54. The van der Waals surface area contributed by atoms with Gasteiger partial charge in [0.1, 0.15) is 9.84 Å². The second-order valence-electron chi connectivity index (χ2n) is 6.45. The van der Waals surface area contributed by atoms with Gasteiger partial charge in [-0.2, -0.15) is 0 Å². The highest BCUT2D eigenvalue weighted by atomic mass is 32.2. The maximum atomic E-state index is 12.8. The summed E-state index contributed by atoms with van der Waals surface area (Å²) >= 11 is 0. The molecular weight excluding hydrogens is 284 g/mol. The van der Waals surface area contributed by atoms with Gasteiger partial charge < -0.3 is 0 Å². The molecule has 3 nitrogen and oxygen atoms in total. The van der Waals surface area contributed by atoms with Gasteiger partial charge in [0.05, 0.1) is 5.25 Å². The molecule has 0 radical (unpaired) electrons. The largest absolute Gasteiger partial charge is 0.294 e. The molecule has 1 aromatic rings. The zero-order valence-electron chi connectivity index (χ0n) is 13.3. The summed E-state index contributed by atoms with van der Waals surface area (Å²) in [7, 11) is -3.05. The van der Waals surface area contributed by atoms with Crippen LogP contribution in [0.5, 0.6) is 0 Å². The van der Waals surface area contributed by atoms with E-state index in [0.717, 1.165) is 35.1 Å². The summed E-state index contributed by atoms with van der Waals surface area (Å²) < 4.78 is 23.5. The molecular formula is C17H24O3S. The highest BCUT2D eigenvalue weighted by molar-refractivity contribution is 7.91. The molecule has 0 aromatic heterocycles. The van der Waals surface area contributed by atoms with Gasteiger partial charge in [0.25, 0.3) is 0 Å². The van der Waals surface area contributed by atoms with E-state index < -0.39 is 9.84 Å². The Morgan fingerprint density at radius 1 is 1.10 bits per heavy atom. The maximum Gasteiger partial charge on any atom is 0.166 e. The predicted molar refractivity (Wildman–Crippen MR) is 85.6 cm³/mol. The number of Topliss-reactive ketones (excluding diaryl/α,β-unsaturated/α-hetero) is 1. The smallest absolute Gasteiger partial charge is 0.166 e. The third-order valence-corrected chi connectivity index (χ3v) is 6.16. The van der Waals surface area contributed by atoms with Crippen molar-refractivity contribution < 1.29 is 13.2 Å². The maximum absolute atomic E-state index is 12.8. The number of hydrogen-bond acceptors (Lipinski definition) is 3. The number of carbonyl (C=O) groups excluding carboxylic acids is 1. The molecule has 1 fully saturated rings. The zero-order chi connectivity index (χ0) is 15.8. The topological polar surface area (TPSA) is 51.2 Å². The van der Waals surface area contributed by atoms with Crippen LogP contribution in [-0.4, -0.2) is 25.7 Å². The van der Waals surface area contributed by atoms with Gasteiger partial charge in [-0.3, -0.25) is 4.79 Å². The second-order valence-corrected chi connectivity index (χ2v) is 8.78. The van der Waals surface area contributed by atoms with Crippen LogP contribution in [-0.2, 0) is 9.84 Å². The number of rotatable bonds is 3. The summed E-state index contributed by atoms with van der Waals surface area (Å²) in [6.07, 6.45) is 4.07. The summed E-state index contributed by atoms with van der Waals surface area (Å²) in [5, 5.41) is -0.355. The van der Waals surface area contributed by atoms with E-state index in [2.05, 4.69) is 0 Å². The van der Waals surface area contributed by atoms with Crippen LogP contribution in [0.2, 0.25) is 0 Å². The van der Waals surface area contributed by atoms with Crippen molar-refractivity contribution in [2.75, 3.05) is 6.26 Å². The van der Waals surface area contributed by atoms with Gasteiger partial charge in [0, 0.05) is 17.7 Å². The van der Waals surface area contributed by atoms with Crippen LogP contribution in [0.1, 0.15) is 52.7 Å². The van der Waals surface area contributed by atoms with Gasteiger partial charge in [-0.05, 0) is 51.2 Å². The monoisotopic (exact) mass is 308 g/mol. The number of hydrogen-bond donors (Lipinski definition) is 0. The number of aryl methyl sites for hydroxylation is 3. The molecule has 4 heteroatoms. The van der Waals surface area contributed by atoms with E-state index in [0.29, 0.717) is 12.8 Å². The van der Waals surface area contributed by atoms with Crippen LogP contribution in [0.15, 0.2) is 12.1 Å². The molecule has 116 valence electrons. The van der Waals surface area contributed by atoms with E-state index in [-0.39, 0.29) is 17.0 Å². The van der Waals surface area contributed by atoms with Crippen LogP contribution in [0.3, 0.4) is 0 Å². The van der Waals surface area contributed by atoms with Crippen LogP contribution in [0.4, 0.5) is 0 Å². The molecule has 2 unspecified atom stereocenters. The predicted octanol–water partition coefficient (Wildman–Crippen LogP) is 3.40. The van der Waals surface area contributed by atoms with Gasteiger partial charge in [0.2, 0.25) is 0 Å². The van der Waals surface area contributed by atoms with Gasteiger partial charge >= 0.3 is 0 Å². The lowest BCUT2D eigenvalue weighted by molar-refractivity contribution is 0.0889. The lowest BCUT2D eigenvalue weighted by Crippen LogP contribution is -2.31. The van der Waals surface area contributed by atoms with Crippen molar-refractivity contribution in [2.24, 2.45) is 5.92 Å². The van der Waals surface area contributed by atoms with E-state index >= 15 is 0 Å². The number of ketones is 1. The third-order valence-electron chi connectivity index (χ3n) is 4.53. The van der Waals surface area contributed by atoms with Crippen LogP contribution in [0.25, 0.3) is 0 Å². The summed E-state index contributed by atoms with van der Waals surface area (Å²) in [5.74, 6) is -0.0306. The molecule has 1 saturated carbocycles. The summed E-state index contributed by atoms with van der Waals surface area (Å²) in [4.78, 5) is 12.8. The zero-order valence-corrected chi connectivity index (χ0v) is 14.1. The lowest BCUT2D eigenvalue weighted by Gasteiger charge is -2.28.